The number of fused-ring (bicyclic) bond motifs is 1. The molecule has 2 N–H and O–H groups in total. The molecule has 0 aromatic heterocycles. The van der Waals surface area contributed by atoms with Crippen molar-refractivity contribution in [1.82, 2.24) is 0 Å². The highest BCUT2D eigenvalue weighted by Gasteiger charge is 2.06. The van der Waals surface area contributed by atoms with Gasteiger partial charge < -0.3 is 5.73 Å². The van der Waals surface area contributed by atoms with E-state index in [-0.39, 0.29) is 0 Å². The highest BCUT2D eigenvalue weighted by molar-refractivity contribution is 5.85. The summed E-state index contributed by atoms with van der Waals surface area (Å²) in [5, 5.41) is 2.67. The molecule has 0 spiro atoms. The van der Waals surface area contributed by atoms with Crippen LogP contribution in [0.1, 0.15) is 44.6 Å². The first-order chi connectivity index (χ1) is 9.31. The first-order valence-electron chi connectivity index (χ1n) is 7.53. The molecule has 0 saturated carbocycles. The van der Waals surface area contributed by atoms with Gasteiger partial charge in [0, 0.05) is 6.04 Å². The molecular weight excluding hydrogens is 230 g/mol. The lowest BCUT2D eigenvalue weighted by molar-refractivity contribution is 0.547. The zero-order valence-corrected chi connectivity index (χ0v) is 11.9. The van der Waals surface area contributed by atoms with Crippen LogP contribution in [0.5, 0.6) is 0 Å². The number of hydrogen-bond donors (Lipinski definition) is 1. The van der Waals surface area contributed by atoms with Gasteiger partial charge in [0.15, 0.2) is 0 Å². The molecule has 102 valence electrons. The topological polar surface area (TPSA) is 26.0 Å². The van der Waals surface area contributed by atoms with Crippen molar-refractivity contribution in [1.29, 1.82) is 0 Å². The number of unbranched alkanes of at least 4 members (excludes halogenated alkanes) is 3. The minimum absolute atomic E-state index is 0.294. The lowest BCUT2D eigenvalue weighted by Gasteiger charge is -2.13. The molecule has 0 radical (unpaired) electrons. The lowest BCUT2D eigenvalue weighted by atomic mass is 9.96. The SMILES string of the molecule is CCCCCCC(N)Cc1cccc2ccccc12. The second kappa shape index (κ2) is 7.30. The zero-order valence-electron chi connectivity index (χ0n) is 11.9. The van der Waals surface area contributed by atoms with Gasteiger partial charge in [-0.2, -0.15) is 0 Å². The zero-order chi connectivity index (χ0) is 13.5. The Morgan fingerprint density at radius 3 is 2.58 bits per heavy atom. The third-order valence-electron chi connectivity index (χ3n) is 3.79. The maximum absolute atomic E-state index is 6.28. The third kappa shape index (κ3) is 4.07. The van der Waals surface area contributed by atoms with Crippen LogP contribution in [0.15, 0.2) is 42.5 Å². The van der Waals surface area contributed by atoms with Crippen molar-refractivity contribution in [3.05, 3.63) is 48.0 Å². The van der Waals surface area contributed by atoms with Gasteiger partial charge >= 0.3 is 0 Å². The molecule has 2 aromatic rings. The van der Waals surface area contributed by atoms with Crippen molar-refractivity contribution >= 4 is 10.8 Å². The van der Waals surface area contributed by atoms with Crippen LogP contribution in [0.3, 0.4) is 0 Å². The lowest BCUT2D eigenvalue weighted by Crippen LogP contribution is -2.22. The van der Waals surface area contributed by atoms with Gasteiger partial charge in [-0.3, -0.25) is 0 Å². The van der Waals surface area contributed by atoms with E-state index in [9.17, 15) is 0 Å². The van der Waals surface area contributed by atoms with Crippen LogP contribution < -0.4 is 5.73 Å². The molecule has 19 heavy (non-hydrogen) atoms. The fraction of sp³-hybridized carbons (Fsp3) is 0.444. The number of hydrogen-bond acceptors (Lipinski definition) is 1. The van der Waals surface area contributed by atoms with E-state index in [4.69, 9.17) is 5.73 Å². The fourth-order valence-electron chi connectivity index (χ4n) is 2.69. The van der Waals surface area contributed by atoms with Crippen LogP contribution in [-0.2, 0) is 6.42 Å². The maximum atomic E-state index is 6.28. The molecule has 1 atom stereocenters. The van der Waals surface area contributed by atoms with E-state index in [2.05, 4.69) is 49.4 Å². The Bertz CT molecular complexity index is 499. The van der Waals surface area contributed by atoms with Crippen molar-refractivity contribution < 1.29 is 0 Å². The summed E-state index contributed by atoms with van der Waals surface area (Å²) in [6.45, 7) is 2.25. The molecule has 2 aromatic carbocycles. The van der Waals surface area contributed by atoms with Crippen molar-refractivity contribution in [2.45, 2.75) is 51.5 Å². The van der Waals surface area contributed by atoms with Crippen LogP contribution >= 0.6 is 0 Å². The van der Waals surface area contributed by atoms with Gasteiger partial charge in [-0.1, -0.05) is 75.1 Å². The normalized spacial score (nSPS) is 12.7. The summed E-state index contributed by atoms with van der Waals surface area (Å²) in [4.78, 5) is 0. The molecule has 1 heteroatoms. The van der Waals surface area contributed by atoms with E-state index in [1.54, 1.807) is 0 Å². The van der Waals surface area contributed by atoms with Gasteiger partial charge in [0.25, 0.3) is 0 Å². The molecule has 1 nitrogen and oxygen atoms in total. The summed E-state index contributed by atoms with van der Waals surface area (Å²) in [6, 6.07) is 15.4. The summed E-state index contributed by atoms with van der Waals surface area (Å²) in [6.07, 6.45) is 7.34. The predicted octanol–water partition coefficient (Wildman–Crippen LogP) is 4.68. The molecule has 1 unspecified atom stereocenters. The van der Waals surface area contributed by atoms with E-state index in [0.717, 1.165) is 12.8 Å². The third-order valence-corrected chi connectivity index (χ3v) is 3.79. The largest absolute Gasteiger partial charge is 0.327 e. The highest BCUT2D eigenvalue weighted by atomic mass is 14.6. The molecule has 0 aliphatic carbocycles. The molecule has 0 aliphatic heterocycles. The Kier molecular flexibility index (Phi) is 5.41. The second-order valence-electron chi connectivity index (χ2n) is 5.45. The van der Waals surface area contributed by atoms with Gasteiger partial charge in [0.1, 0.15) is 0 Å². The van der Waals surface area contributed by atoms with Crippen molar-refractivity contribution in [3.63, 3.8) is 0 Å². The number of rotatable bonds is 7. The Hall–Kier alpha value is -1.34. The Morgan fingerprint density at radius 2 is 1.74 bits per heavy atom. The van der Waals surface area contributed by atoms with Gasteiger partial charge in [-0.05, 0) is 29.2 Å². The van der Waals surface area contributed by atoms with Crippen molar-refractivity contribution in [2.75, 3.05) is 0 Å². The summed E-state index contributed by atoms with van der Waals surface area (Å²) < 4.78 is 0. The van der Waals surface area contributed by atoms with Gasteiger partial charge in [-0.25, -0.2) is 0 Å². The Balaban J connectivity index is 1.97. The summed E-state index contributed by atoms with van der Waals surface area (Å²) in [5.41, 5.74) is 7.67. The van der Waals surface area contributed by atoms with E-state index in [1.165, 1.54) is 42.0 Å². The molecule has 0 heterocycles. The van der Waals surface area contributed by atoms with Gasteiger partial charge in [0.05, 0.1) is 0 Å². The standard InChI is InChI=1S/C18H25N/c1-2-3-4-5-12-17(19)14-16-11-8-10-15-9-6-7-13-18(15)16/h6-11,13,17H,2-5,12,14,19H2,1H3. The summed E-state index contributed by atoms with van der Waals surface area (Å²) in [5.74, 6) is 0. The van der Waals surface area contributed by atoms with Gasteiger partial charge in [-0.15, -0.1) is 0 Å². The fourth-order valence-corrected chi connectivity index (χ4v) is 2.69. The average Bonchev–Trinajstić information content (AvgIpc) is 2.44. The van der Waals surface area contributed by atoms with Crippen LogP contribution in [-0.4, -0.2) is 6.04 Å². The average molecular weight is 255 g/mol. The van der Waals surface area contributed by atoms with Crippen molar-refractivity contribution in [3.8, 4) is 0 Å². The van der Waals surface area contributed by atoms with Crippen molar-refractivity contribution in [2.24, 2.45) is 5.73 Å². The molecule has 2 rings (SSSR count). The minimum Gasteiger partial charge on any atom is -0.327 e. The van der Waals surface area contributed by atoms with E-state index < -0.39 is 0 Å². The molecule has 0 amide bonds. The van der Waals surface area contributed by atoms with Crippen LogP contribution in [0.25, 0.3) is 10.8 Å². The van der Waals surface area contributed by atoms with E-state index in [1.807, 2.05) is 0 Å². The molecular formula is C18H25N. The molecule has 0 aliphatic rings. The van der Waals surface area contributed by atoms with Crippen LogP contribution in [0, 0.1) is 0 Å². The first-order valence-corrected chi connectivity index (χ1v) is 7.53. The van der Waals surface area contributed by atoms with Crippen LogP contribution in [0.4, 0.5) is 0 Å². The Labute approximate surface area is 116 Å². The molecule has 0 fully saturated rings. The van der Waals surface area contributed by atoms with E-state index in [0.29, 0.717) is 6.04 Å². The van der Waals surface area contributed by atoms with E-state index >= 15 is 0 Å². The smallest absolute Gasteiger partial charge is 0.00795 e. The molecule has 0 bridgehead atoms. The summed E-state index contributed by atoms with van der Waals surface area (Å²) >= 11 is 0. The van der Waals surface area contributed by atoms with Crippen LogP contribution in [0.2, 0.25) is 0 Å². The maximum Gasteiger partial charge on any atom is 0.00795 e. The Morgan fingerprint density at radius 1 is 0.947 bits per heavy atom. The second-order valence-corrected chi connectivity index (χ2v) is 5.45. The summed E-state index contributed by atoms with van der Waals surface area (Å²) in [7, 11) is 0. The quantitative estimate of drug-likeness (QED) is 0.714. The number of nitrogens with two attached hydrogens (primary N) is 1. The van der Waals surface area contributed by atoms with Gasteiger partial charge in [0.2, 0.25) is 0 Å². The monoisotopic (exact) mass is 255 g/mol. The predicted molar refractivity (Wildman–Crippen MR) is 84.4 cm³/mol. The highest BCUT2D eigenvalue weighted by Crippen LogP contribution is 2.20. The number of benzene rings is 2. The minimum atomic E-state index is 0.294. The molecule has 0 saturated heterocycles. The first kappa shape index (κ1) is 14.1.